The Kier molecular flexibility index (Phi) is 2.70. The number of carboxylic acids is 1. The third-order valence-corrected chi connectivity index (χ3v) is 2.42. The molecule has 2 aromatic carbocycles. The van der Waals surface area contributed by atoms with Gasteiger partial charge in [0.2, 0.25) is 0 Å². The van der Waals surface area contributed by atoms with Crippen LogP contribution in [0.2, 0.25) is 0 Å². The molecule has 17 heavy (non-hydrogen) atoms. The second-order valence-electron chi connectivity index (χ2n) is 3.67. The lowest BCUT2D eigenvalue weighted by molar-refractivity contribution is 0.0697. The van der Waals surface area contributed by atoms with Gasteiger partial charge in [0.05, 0.1) is 5.56 Å². The van der Waals surface area contributed by atoms with Gasteiger partial charge in [-0.05, 0) is 29.8 Å². The molecule has 2 aromatic rings. The van der Waals surface area contributed by atoms with Crippen LogP contribution in [0.3, 0.4) is 0 Å². The fraction of sp³-hybridized carbons (Fsp3) is 0. The number of benzene rings is 2. The Bertz CT molecular complexity index is 579. The third-order valence-electron chi connectivity index (χ3n) is 2.42. The van der Waals surface area contributed by atoms with E-state index in [1.807, 2.05) is 0 Å². The zero-order chi connectivity index (χ0) is 12.4. The average molecular weight is 229 g/mol. The number of aromatic carboxylic acids is 1. The molecule has 4 heteroatoms. The average Bonchev–Trinajstić information content (AvgIpc) is 2.28. The summed E-state index contributed by atoms with van der Waals surface area (Å²) in [6, 6.07) is 11.2. The third kappa shape index (κ3) is 2.20. The van der Waals surface area contributed by atoms with E-state index in [1.54, 1.807) is 30.3 Å². The minimum Gasteiger partial charge on any atom is -0.507 e. The molecule has 0 bridgehead atoms. The Balaban J connectivity index is 2.60. The smallest absolute Gasteiger partial charge is 0.335 e. The molecule has 4 N–H and O–H groups in total. The molecule has 0 saturated heterocycles. The fourth-order valence-electron chi connectivity index (χ4n) is 1.65. The molecule has 0 heterocycles. The Hall–Kier alpha value is -2.49. The van der Waals surface area contributed by atoms with Gasteiger partial charge in [-0.2, -0.15) is 0 Å². The van der Waals surface area contributed by atoms with E-state index in [9.17, 15) is 9.90 Å². The Morgan fingerprint density at radius 2 is 1.82 bits per heavy atom. The number of carbonyl (C=O) groups is 1. The van der Waals surface area contributed by atoms with E-state index in [0.717, 1.165) is 0 Å². The van der Waals surface area contributed by atoms with Crippen LogP contribution in [0.4, 0.5) is 5.69 Å². The maximum Gasteiger partial charge on any atom is 0.335 e. The first-order chi connectivity index (χ1) is 8.08. The normalized spacial score (nSPS) is 10.1. The van der Waals surface area contributed by atoms with Gasteiger partial charge in [-0.3, -0.25) is 0 Å². The van der Waals surface area contributed by atoms with E-state index in [1.165, 1.54) is 12.1 Å². The first-order valence-electron chi connectivity index (χ1n) is 5.00. The summed E-state index contributed by atoms with van der Waals surface area (Å²) in [4.78, 5) is 10.9. The van der Waals surface area contributed by atoms with E-state index in [4.69, 9.17) is 10.8 Å². The number of carboxylic acid groups (broad SMARTS) is 1. The number of anilines is 1. The molecule has 0 radical (unpaired) electrons. The van der Waals surface area contributed by atoms with Crippen LogP contribution in [0.25, 0.3) is 11.1 Å². The van der Waals surface area contributed by atoms with Crippen molar-refractivity contribution >= 4 is 11.7 Å². The highest BCUT2D eigenvalue weighted by atomic mass is 16.4. The lowest BCUT2D eigenvalue weighted by Gasteiger charge is -2.07. The highest BCUT2D eigenvalue weighted by Crippen LogP contribution is 2.30. The van der Waals surface area contributed by atoms with Crippen molar-refractivity contribution in [2.45, 2.75) is 0 Å². The van der Waals surface area contributed by atoms with Crippen LogP contribution in [-0.2, 0) is 0 Å². The number of phenols is 1. The van der Waals surface area contributed by atoms with E-state index in [2.05, 4.69) is 0 Å². The maximum atomic E-state index is 10.9. The largest absolute Gasteiger partial charge is 0.507 e. The summed E-state index contributed by atoms with van der Waals surface area (Å²) >= 11 is 0. The van der Waals surface area contributed by atoms with Crippen LogP contribution in [0.1, 0.15) is 10.4 Å². The summed E-state index contributed by atoms with van der Waals surface area (Å²) in [5, 5.41) is 18.6. The molecule has 0 aromatic heterocycles. The molecule has 0 atom stereocenters. The summed E-state index contributed by atoms with van der Waals surface area (Å²) in [6.07, 6.45) is 0. The second kappa shape index (κ2) is 4.17. The van der Waals surface area contributed by atoms with Gasteiger partial charge in [-0.25, -0.2) is 4.79 Å². The predicted molar refractivity (Wildman–Crippen MR) is 64.9 cm³/mol. The highest BCUT2D eigenvalue weighted by molar-refractivity contribution is 5.91. The lowest BCUT2D eigenvalue weighted by atomic mass is 10.0. The minimum atomic E-state index is -1.05. The van der Waals surface area contributed by atoms with Crippen molar-refractivity contribution in [2.24, 2.45) is 0 Å². The van der Waals surface area contributed by atoms with E-state index in [0.29, 0.717) is 16.8 Å². The molecule has 0 aliphatic rings. The van der Waals surface area contributed by atoms with Crippen molar-refractivity contribution in [1.29, 1.82) is 0 Å². The number of nitrogen functional groups attached to an aromatic ring is 1. The predicted octanol–water partition coefficient (Wildman–Crippen LogP) is 2.34. The van der Waals surface area contributed by atoms with Crippen molar-refractivity contribution in [3.8, 4) is 16.9 Å². The molecule has 4 nitrogen and oxygen atoms in total. The summed E-state index contributed by atoms with van der Waals surface area (Å²) in [7, 11) is 0. The number of para-hydroxylation sites is 1. The molecular formula is C13H11NO3. The Labute approximate surface area is 97.9 Å². The van der Waals surface area contributed by atoms with Crippen molar-refractivity contribution in [3.05, 3.63) is 48.0 Å². The number of nitrogens with two attached hydrogens (primary N) is 1. The summed E-state index contributed by atoms with van der Waals surface area (Å²) in [5.74, 6) is -0.955. The van der Waals surface area contributed by atoms with Crippen LogP contribution in [-0.4, -0.2) is 16.2 Å². The molecule has 0 saturated carbocycles. The summed E-state index contributed by atoms with van der Waals surface area (Å²) in [6.45, 7) is 0. The quantitative estimate of drug-likeness (QED) is 0.690. The molecule has 0 unspecified atom stereocenters. The van der Waals surface area contributed by atoms with Crippen molar-refractivity contribution in [2.75, 3.05) is 5.73 Å². The first-order valence-corrected chi connectivity index (χ1v) is 5.00. The molecule has 0 aliphatic carbocycles. The van der Waals surface area contributed by atoms with Gasteiger partial charge in [0, 0.05) is 11.3 Å². The monoisotopic (exact) mass is 229 g/mol. The maximum absolute atomic E-state index is 10.9. The van der Waals surface area contributed by atoms with Crippen molar-refractivity contribution < 1.29 is 15.0 Å². The van der Waals surface area contributed by atoms with Gasteiger partial charge in [-0.15, -0.1) is 0 Å². The molecule has 0 spiro atoms. The molecule has 0 aliphatic heterocycles. The van der Waals surface area contributed by atoms with Gasteiger partial charge >= 0.3 is 5.97 Å². The van der Waals surface area contributed by atoms with E-state index in [-0.39, 0.29) is 11.3 Å². The Morgan fingerprint density at radius 1 is 1.12 bits per heavy atom. The van der Waals surface area contributed by atoms with Crippen LogP contribution in [0, 0.1) is 0 Å². The van der Waals surface area contributed by atoms with Crippen LogP contribution >= 0.6 is 0 Å². The number of phenolic OH excluding ortho intramolecular Hbond substituents is 1. The fourth-order valence-corrected chi connectivity index (χ4v) is 1.65. The second-order valence-corrected chi connectivity index (χ2v) is 3.67. The van der Waals surface area contributed by atoms with Gasteiger partial charge in [0.15, 0.2) is 0 Å². The van der Waals surface area contributed by atoms with Gasteiger partial charge in [-0.1, -0.05) is 18.2 Å². The standard InChI is InChI=1S/C13H11NO3/c14-10-6-8(5-9(7-10)13(16)17)11-3-1-2-4-12(11)15/h1-7,15H,14H2,(H,16,17). The number of rotatable bonds is 2. The number of hydrogen-bond acceptors (Lipinski definition) is 3. The van der Waals surface area contributed by atoms with Gasteiger partial charge in [0.1, 0.15) is 5.75 Å². The molecular weight excluding hydrogens is 218 g/mol. The molecule has 0 fully saturated rings. The first kappa shape index (κ1) is 11.0. The molecule has 2 rings (SSSR count). The zero-order valence-electron chi connectivity index (χ0n) is 8.92. The van der Waals surface area contributed by atoms with E-state index < -0.39 is 5.97 Å². The van der Waals surface area contributed by atoms with Gasteiger partial charge in [0.25, 0.3) is 0 Å². The van der Waals surface area contributed by atoms with Gasteiger partial charge < -0.3 is 15.9 Å². The van der Waals surface area contributed by atoms with Crippen molar-refractivity contribution in [3.63, 3.8) is 0 Å². The number of aromatic hydroxyl groups is 1. The SMILES string of the molecule is Nc1cc(C(=O)O)cc(-c2ccccc2O)c1. The Morgan fingerprint density at radius 3 is 2.47 bits per heavy atom. The van der Waals surface area contributed by atoms with E-state index >= 15 is 0 Å². The summed E-state index contributed by atoms with van der Waals surface area (Å²) < 4.78 is 0. The molecule has 0 amide bonds. The topological polar surface area (TPSA) is 83.6 Å². The van der Waals surface area contributed by atoms with Crippen molar-refractivity contribution in [1.82, 2.24) is 0 Å². The molecule has 86 valence electrons. The zero-order valence-corrected chi connectivity index (χ0v) is 8.92. The van der Waals surface area contributed by atoms with Crippen LogP contribution < -0.4 is 5.73 Å². The number of hydrogen-bond donors (Lipinski definition) is 3. The highest BCUT2D eigenvalue weighted by Gasteiger charge is 2.09. The lowest BCUT2D eigenvalue weighted by Crippen LogP contribution is -1.98. The minimum absolute atomic E-state index is 0.0921. The summed E-state index contributed by atoms with van der Waals surface area (Å²) in [5.41, 5.74) is 7.23. The van der Waals surface area contributed by atoms with Crippen LogP contribution in [0.15, 0.2) is 42.5 Å². The van der Waals surface area contributed by atoms with Crippen LogP contribution in [0.5, 0.6) is 5.75 Å².